The van der Waals surface area contributed by atoms with Crippen LogP contribution < -0.4 is 5.32 Å². The van der Waals surface area contributed by atoms with E-state index in [1.165, 1.54) is 28.2 Å². The van der Waals surface area contributed by atoms with Gasteiger partial charge in [0.15, 0.2) is 5.11 Å². The Morgan fingerprint density at radius 2 is 1.83 bits per heavy atom. The summed E-state index contributed by atoms with van der Waals surface area (Å²) in [5, 5.41) is 4.44. The maximum atomic E-state index is 5.93. The predicted octanol–water partition coefficient (Wildman–Crippen LogP) is 4.75. The number of hydrogen-bond acceptors (Lipinski definition) is 4. The number of para-hydroxylation sites is 1. The van der Waals surface area contributed by atoms with Crippen molar-refractivity contribution in [2.75, 3.05) is 39.4 Å². The molecular weight excluding hydrogens is 466 g/mol. The largest absolute Gasteiger partial charge is 0.379 e. The van der Waals surface area contributed by atoms with Gasteiger partial charge in [-0.25, -0.2) is 0 Å². The van der Waals surface area contributed by atoms with Crippen LogP contribution in [0.3, 0.4) is 0 Å². The lowest BCUT2D eigenvalue weighted by molar-refractivity contribution is 0.0365. The molecule has 7 heteroatoms. The van der Waals surface area contributed by atoms with Crippen LogP contribution in [0.5, 0.6) is 0 Å². The first-order chi connectivity index (χ1) is 17.6. The molecule has 190 valence electrons. The van der Waals surface area contributed by atoms with Gasteiger partial charge in [0.1, 0.15) is 0 Å². The minimum absolute atomic E-state index is 0.0115. The predicted molar refractivity (Wildman–Crippen MR) is 149 cm³/mol. The Morgan fingerprint density at radius 1 is 1.06 bits per heavy atom. The van der Waals surface area contributed by atoms with Gasteiger partial charge in [-0.05, 0) is 74.3 Å². The number of nitrogens with one attached hydrogen (secondary N) is 1. The van der Waals surface area contributed by atoms with E-state index >= 15 is 0 Å². The van der Waals surface area contributed by atoms with Crippen LogP contribution in [0, 0.1) is 13.8 Å². The van der Waals surface area contributed by atoms with Gasteiger partial charge in [-0.2, -0.15) is 0 Å². The zero-order valence-electron chi connectivity index (χ0n) is 21.6. The number of aromatic nitrogens is 2. The Kier molecular flexibility index (Phi) is 7.70. The molecule has 0 amide bonds. The van der Waals surface area contributed by atoms with Crippen LogP contribution in [0.4, 0.5) is 0 Å². The highest BCUT2D eigenvalue weighted by Gasteiger charge is 2.41. The molecule has 0 bridgehead atoms. The SMILES string of the molecule is CCc1ccccc1-n1c(C)cc([C@@H]2[C@@H](c3ccccn3)NC(=S)N2CCCN2CCOCC2)c1C. The lowest BCUT2D eigenvalue weighted by Gasteiger charge is -2.30. The molecule has 2 atom stereocenters. The average molecular weight is 504 g/mol. The molecule has 0 radical (unpaired) electrons. The highest BCUT2D eigenvalue weighted by atomic mass is 32.1. The molecule has 2 aromatic heterocycles. The summed E-state index contributed by atoms with van der Waals surface area (Å²) in [4.78, 5) is 9.62. The van der Waals surface area contributed by atoms with E-state index in [0.29, 0.717) is 0 Å². The van der Waals surface area contributed by atoms with Crippen LogP contribution in [0.15, 0.2) is 54.7 Å². The Hall–Kier alpha value is -2.74. The Labute approximate surface area is 220 Å². The molecule has 5 rings (SSSR count). The summed E-state index contributed by atoms with van der Waals surface area (Å²) in [7, 11) is 0. The fraction of sp³-hybridized carbons (Fsp3) is 0.448. The lowest BCUT2D eigenvalue weighted by Crippen LogP contribution is -2.39. The first-order valence-corrected chi connectivity index (χ1v) is 13.5. The summed E-state index contributed by atoms with van der Waals surface area (Å²) < 4.78 is 7.94. The van der Waals surface area contributed by atoms with Crippen LogP contribution in [0.2, 0.25) is 0 Å². The molecule has 2 aliphatic heterocycles. The number of benzene rings is 1. The number of pyridine rings is 1. The second-order valence-electron chi connectivity index (χ2n) is 9.77. The second kappa shape index (κ2) is 11.1. The van der Waals surface area contributed by atoms with Gasteiger partial charge in [-0.3, -0.25) is 9.88 Å². The van der Waals surface area contributed by atoms with Gasteiger partial charge in [0, 0.05) is 49.5 Å². The van der Waals surface area contributed by atoms with Gasteiger partial charge < -0.3 is 19.5 Å². The van der Waals surface area contributed by atoms with Crippen molar-refractivity contribution in [3.63, 3.8) is 0 Å². The van der Waals surface area contributed by atoms with Crippen LogP contribution in [0.25, 0.3) is 5.69 Å². The van der Waals surface area contributed by atoms with Crippen LogP contribution >= 0.6 is 12.2 Å². The molecule has 0 saturated carbocycles. The molecule has 4 heterocycles. The van der Waals surface area contributed by atoms with Crippen molar-refractivity contribution < 1.29 is 4.74 Å². The number of aryl methyl sites for hydroxylation is 2. The van der Waals surface area contributed by atoms with Gasteiger partial charge in [-0.15, -0.1) is 0 Å². The van der Waals surface area contributed by atoms with Crippen molar-refractivity contribution in [2.24, 2.45) is 0 Å². The van der Waals surface area contributed by atoms with Gasteiger partial charge in [0.2, 0.25) is 0 Å². The van der Waals surface area contributed by atoms with Crippen LogP contribution in [-0.2, 0) is 11.2 Å². The molecule has 2 fully saturated rings. The van der Waals surface area contributed by atoms with Crippen LogP contribution in [-0.4, -0.2) is 63.9 Å². The third-order valence-electron chi connectivity index (χ3n) is 7.58. The van der Waals surface area contributed by atoms with E-state index in [0.717, 1.165) is 63.0 Å². The number of morpholine rings is 1. The molecular formula is C29H37N5OS. The number of thiocarbonyl (C=S) groups is 1. The summed E-state index contributed by atoms with van der Waals surface area (Å²) >= 11 is 5.93. The van der Waals surface area contributed by atoms with E-state index in [-0.39, 0.29) is 12.1 Å². The monoisotopic (exact) mass is 503 g/mol. The standard InChI is InChI=1S/C29H37N5OS/c1-4-23-10-5-6-12-26(23)34-21(2)20-24(22(34)3)28-27(25-11-7-8-13-30-25)31-29(36)33(28)15-9-14-32-16-18-35-19-17-32/h5-8,10-13,20,27-28H,4,9,14-19H2,1-3H3,(H,31,36)/t27-,28-/m1/s1. The maximum absolute atomic E-state index is 5.93. The van der Waals surface area contributed by atoms with Gasteiger partial charge >= 0.3 is 0 Å². The normalized spacial score (nSPS) is 20.6. The average Bonchev–Trinajstić information content (AvgIpc) is 3.39. The van der Waals surface area contributed by atoms with E-state index in [1.807, 2.05) is 12.3 Å². The van der Waals surface area contributed by atoms with Gasteiger partial charge in [0.05, 0.1) is 31.0 Å². The summed E-state index contributed by atoms with van der Waals surface area (Å²) in [6.07, 6.45) is 3.94. The fourth-order valence-corrected chi connectivity index (χ4v) is 6.09. The highest BCUT2D eigenvalue weighted by molar-refractivity contribution is 7.80. The molecule has 0 spiro atoms. The van der Waals surface area contributed by atoms with Crippen molar-refractivity contribution in [3.05, 3.63) is 82.9 Å². The third-order valence-corrected chi connectivity index (χ3v) is 7.93. The molecule has 2 saturated heterocycles. The van der Waals surface area contributed by atoms with Gasteiger partial charge in [-0.1, -0.05) is 31.2 Å². The van der Waals surface area contributed by atoms with Crippen molar-refractivity contribution in [1.82, 2.24) is 24.7 Å². The number of rotatable bonds is 8. The summed E-state index contributed by atoms with van der Waals surface area (Å²) in [6.45, 7) is 12.3. The topological polar surface area (TPSA) is 45.6 Å². The lowest BCUT2D eigenvalue weighted by atomic mass is 9.96. The minimum Gasteiger partial charge on any atom is -0.379 e. The van der Waals surface area contributed by atoms with E-state index < -0.39 is 0 Å². The van der Waals surface area contributed by atoms with Crippen molar-refractivity contribution >= 4 is 17.3 Å². The molecule has 0 unspecified atom stereocenters. The molecule has 0 aliphatic carbocycles. The molecule has 6 nitrogen and oxygen atoms in total. The Bertz CT molecular complexity index is 1190. The summed E-state index contributed by atoms with van der Waals surface area (Å²) in [5.74, 6) is 0. The number of hydrogen-bond donors (Lipinski definition) is 1. The third kappa shape index (κ3) is 4.92. The van der Waals surface area contributed by atoms with E-state index in [1.54, 1.807) is 0 Å². The fourth-order valence-electron chi connectivity index (χ4n) is 5.76. The Balaban J connectivity index is 1.49. The van der Waals surface area contributed by atoms with E-state index in [4.69, 9.17) is 21.9 Å². The second-order valence-corrected chi connectivity index (χ2v) is 10.2. The van der Waals surface area contributed by atoms with E-state index in [2.05, 4.69) is 82.9 Å². The molecule has 1 N–H and O–H groups in total. The van der Waals surface area contributed by atoms with Crippen molar-refractivity contribution in [1.29, 1.82) is 0 Å². The first kappa shape index (κ1) is 24.9. The number of ether oxygens (including phenoxy) is 1. The smallest absolute Gasteiger partial charge is 0.170 e. The summed E-state index contributed by atoms with van der Waals surface area (Å²) in [5.41, 5.74) is 7.47. The molecule has 1 aromatic carbocycles. The van der Waals surface area contributed by atoms with Gasteiger partial charge in [0.25, 0.3) is 0 Å². The minimum atomic E-state index is 0.0115. The van der Waals surface area contributed by atoms with E-state index in [9.17, 15) is 0 Å². The Morgan fingerprint density at radius 3 is 2.58 bits per heavy atom. The maximum Gasteiger partial charge on any atom is 0.170 e. The zero-order chi connectivity index (χ0) is 25.1. The number of nitrogens with zero attached hydrogens (tertiary/aromatic N) is 4. The van der Waals surface area contributed by atoms with Crippen molar-refractivity contribution in [2.45, 2.75) is 45.7 Å². The zero-order valence-corrected chi connectivity index (χ0v) is 22.4. The van der Waals surface area contributed by atoms with Crippen molar-refractivity contribution in [3.8, 4) is 5.69 Å². The molecule has 3 aromatic rings. The summed E-state index contributed by atoms with van der Waals surface area (Å²) in [6, 6.07) is 17.3. The molecule has 2 aliphatic rings. The quantitative estimate of drug-likeness (QED) is 0.448. The molecule has 36 heavy (non-hydrogen) atoms. The first-order valence-electron chi connectivity index (χ1n) is 13.1. The van der Waals surface area contributed by atoms with Crippen LogP contribution in [0.1, 0.15) is 53.6 Å². The highest BCUT2D eigenvalue weighted by Crippen LogP contribution is 2.41.